The summed E-state index contributed by atoms with van der Waals surface area (Å²) in [6, 6.07) is 7.70. The Kier molecular flexibility index (Phi) is 6.13. The van der Waals surface area contributed by atoms with E-state index in [9.17, 15) is 9.59 Å². The molecule has 0 saturated carbocycles. The summed E-state index contributed by atoms with van der Waals surface area (Å²) in [5.41, 5.74) is 1.95. The van der Waals surface area contributed by atoms with E-state index in [1.54, 1.807) is 0 Å². The second-order valence-corrected chi connectivity index (χ2v) is 6.79. The van der Waals surface area contributed by atoms with Crippen LogP contribution in [0.3, 0.4) is 0 Å². The summed E-state index contributed by atoms with van der Waals surface area (Å²) in [7, 11) is 0. The summed E-state index contributed by atoms with van der Waals surface area (Å²) in [6.07, 6.45) is 2.44. The molecule has 2 heterocycles. The van der Waals surface area contributed by atoms with E-state index in [0.717, 1.165) is 30.8 Å². The lowest BCUT2D eigenvalue weighted by atomic mass is 10.1. The van der Waals surface area contributed by atoms with Crippen LogP contribution in [0.15, 0.2) is 41.7 Å². The minimum Gasteiger partial charge on any atom is -0.340 e. The molecule has 2 aromatic rings. The van der Waals surface area contributed by atoms with Crippen molar-refractivity contribution in [2.75, 3.05) is 32.7 Å². The van der Waals surface area contributed by atoms with Crippen LogP contribution in [0.25, 0.3) is 11.4 Å². The molecule has 0 atom stereocenters. The maximum atomic E-state index is 12.4. The van der Waals surface area contributed by atoms with Crippen LogP contribution in [0.2, 0.25) is 0 Å². The molecular weight excluding hydrogens is 342 g/mol. The fourth-order valence-electron chi connectivity index (χ4n) is 3.11. The number of aryl methyl sites for hydroxylation is 2. The Labute approximate surface area is 158 Å². The van der Waals surface area contributed by atoms with Gasteiger partial charge in [-0.15, -0.1) is 16.8 Å². The summed E-state index contributed by atoms with van der Waals surface area (Å²) < 4.78 is 0. The summed E-state index contributed by atoms with van der Waals surface area (Å²) >= 11 is 0. The molecule has 7 heteroatoms. The summed E-state index contributed by atoms with van der Waals surface area (Å²) in [6.45, 7) is 9.71. The number of carbonyl (C=O) groups excluding carboxylic acids is 1. The van der Waals surface area contributed by atoms with Gasteiger partial charge in [0.1, 0.15) is 5.69 Å². The number of aromatic nitrogens is 3. The summed E-state index contributed by atoms with van der Waals surface area (Å²) in [4.78, 5) is 31.6. The van der Waals surface area contributed by atoms with Crippen LogP contribution in [0.5, 0.6) is 0 Å². The highest BCUT2D eigenvalue weighted by atomic mass is 16.2. The first-order chi connectivity index (χ1) is 13.1. The van der Waals surface area contributed by atoms with Gasteiger partial charge in [0.05, 0.1) is 0 Å². The second-order valence-electron chi connectivity index (χ2n) is 6.79. The fraction of sp³-hybridized carbons (Fsp3) is 0.400. The number of H-pyrrole nitrogens is 1. The number of hydrogen-bond acceptors (Lipinski definition) is 5. The fourth-order valence-corrected chi connectivity index (χ4v) is 3.11. The van der Waals surface area contributed by atoms with Crippen molar-refractivity contribution in [1.82, 2.24) is 25.0 Å². The monoisotopic (exact) mass is 367 g/mol. The SMILES string of the molecule is C=CCN1CCN(C(=O)CCc2nnc(-c3ccc(C)cc3)[nH]c2=O)CC1. The van der Waals surface area contributed by atoms with Gasteiger partial charge in [0.15, 0.2) is 5.82 Å². The Hall–Kier alpha value is -2.80. The van der Waals surface area contributed by atoms with Crippen molar-refractivity contribution in [3.63, 3.8) is 0 Å². The highest BCUT2D eigenvalue weighted by molar-refractivity contribution is 5.76. The lowest BCUT2D eigenvalue weighted by Crippen LogP contribution is -2.48. The number of hydrogen-bond donors (Lipinski definition) is 1. The lowest BCUT2D eigenvalue weighted by Gasteiger charge is -2.34. The van der Waals surface area contributed by atoms with Crippen molar-refractivity contribution in [3.8, 4) is 11.4 Å². The van der Waals surface area contributed by atoms with Crippen molar-refractivity contribution < 1.29 is 4.79 Å². The molecule has 1 aromatic carbocycles. The molecule has 0 spiro atoms. The topological polar surface area (TPSA) is 82.2 Å². The molecular formula is C20H25N5O2. The van der Waals surface area contributed by atoms with Gasteiger partial charge in [0.2, 0.25) is 5.91 Å². The maximum Gasteiger partial charge on any atom is 0.273 e. The molecule has 1 fully saturated rings. The van der Waals surface area contributed by atoms with Gasteiger partial charge in [0.25, 0.3) is 5.56 Å². The molecule has 1 aliphatic heterocycles. The Morgan fingerprint density at radius 2 is 1.89 bits per heavy atom. The van der Waals surface area contributed by atoms with Crippen molar-refractivity contribution in [2.24, 2.45) is 0 Å². The normalized spacial score (nSPS) is 14.9. The number of aromatic amines is 1. The smallest absolute Gasteiger partial charge is 0.273 e. The molecule has 0 aliphatic carbocycles. The average Bonchev–Trinajstić information content (AvgIpc) is 2.68. The Morgan fingerprint density at radius 3 is 2.52 bits per heavy atom. The zero-order valence-corrected chi connectivity index (χ0v) is 15.6. The van der Waals surface area contributed by atoms with Crippen LogP contribution in [0, 0.1) is 6.92 Å². The number of nitrogens with zero attached hydrogens (tertiary/aromatic N) is 4. The zero-order chi connectivity index (χ0) is 19.2. The molecule has 3 rings (SSSR count). The highest BCUT2D eigenvalue weighted by Gasteiger charge is 2.20. The minimum atomic E-state index is -0.288. The van der Waals surface area contributed by atoms with Gasteiger partial charge in [-0.25, -0.2) is 0 Å². The average molecular weight is 367 g/mol. The number of nitrogens with one attached hydrogen (secondary N) is 1. The van der Waals surface area contributed by atoms with E-state index < -0.39 is 0 Å². The van der Waals surface area contributed by atoms with Gasteiger partial charge in [0, 0.05) is 51.1 Å². The standard InChI is InChI=1S/C20H25N5O2/c1-3-10-24-11-13-25(14-12-24)18(26)9-8-17-20(27)21-19(23-22-17)16-6-4-15(2)5-7-16/h3-7H,1,8-14H2,2H3,(H,21,23,27). The first kappa shape index (κ1) is 19.0. The van der Waals surface area contributed by atoms with Crippen LogP contribution in [-0.4, -0.2) is 63.6 Å². The Morgan fingerprint density at radius 1 is 1.19 bits per heavy atom. The van der Waals surface area contributed by atoms with Gasteiger partial charge in [-0.3, -0.25) is 14.5 Å². The number of rotatable bonds is 6. The zero-order valence-electron chi connectivity index (χ0n) is 15.6. The number of benzene rings is 1. The third-order valence-electron chi connectivity index (χ3n) is 4.78. The summed E-state index contributed by atoms with van der Waals surface area (Å²) in [5, 5.41) is 8.16. The molecule has 1 amide bonds. The number of piperazine rings is 1. The van der Waals surface area contributed by atoms with Crippen molar-refractivity contribution in [1.29, 1.82) is 0 Å². The predicted octanol–water partition coefficient (Wildman–Crippen LogP) is 1.40. The van der Waals surface area contributed by atoms with Crippen LogP contribution < -0.4 is 5.56 Å². The Balaban J connectivity index is 1.57. The van der Waals surface area contributed by atoms with E-state index in [-0.39, 0.29) is 17.9 Å². The van der Waals surface area contributed by atoms with E-state index in [1.807, 2.05) is 42.2 Å². The number of carbonyl (C=O) groups is 1. The van der Waals surface area contributed by atoms with Gasteiger partial charge < -0.3 is 9.88 Å². The molecule has 1 N–H and O–H groups in total. The van der Waals surface area contributed by atoms with Crippen molar-refractivity contribution in [2.45, 2.75) is 19.8 Å². The van der Waals surface area contributed by atoms with Crippen LogP contribution in [0.1, 0.15) is 17.7 Å². The first-order valence-electron chi connectivity index (χ1n) is 9.21. The molecule has 142 valence electrons. The lowest BCUT2D eigenvalue weighted by molar-refractivity contribution is -0.132. The van der Waals surface area contributed by atoms with Gasteiger partial charge in [-0.1, -0.05) is 35.9 Å². The quantitative estimate of drug-likeness (QED) is 0.781. The molecule has 1 aromatic heterocycles. The van der Waals surface area contributed by atoms with E-state index >= 15 is 0 Å². The van der Waals surface area contributed by atoms with Crippen molar-refractivity contribution in [3.05, 3.63) is 58.5 Å². The predicted molar refractivity (Wildman–Crippen MR) is 104 cm³/mol. The summed E-state index contributed by atoms with van der Waals surface area (Å²) in [5.74, 6) is 0.491. The minimum absolute atomic E-state index is 0.0528. The molecule has 1 saturated heterocycles. The number of amides is 1. The molecule has 0 unspecified atom stereocenters. The van der Waals surface area contributed by atoms with E-state index in [2.05, 4.69) is 26.7 Å². The molecule has 27 heavy (non-hydrogen) atoms. The molecule has 0 radical (unpaired) electrons. The molecule has 7 nitrogen and oxygen atoms in total. The van der Waals surface area contributed by atoms with E-state index in [1.165, 1.54) is 0 Å². The largest absolute Gasteiger partial charge is 0.340 e. The maximum absolute atomic E-state index is 12.4. The third kappa shape index (κ3) is 4.89. The van der Waals surface area contributed by atoms with Crippen molar-refractivity contribution >= 4 is 5.91 Å². The van der Waals surface area contributed by atoms with Gasteiger partial charge in [-0.05, 0) is 6.92 Å². The Bertz CT molecular complexity index is 851. The van der Waals surface area contributed by atoms with E-state index in [4.69, 9.17) is 0 Å². The van der Waals surface area contributed by atoms with Gasteiger partial charge >= 0.3 is 0 Å². The van der Waals surface area contributed by atoms with Gasteiger partial charge in [-0.2, -0.15) is 0 Å². The molecule has 0 bridgehead atoms. The van der Waals surface area contributed by atoms with E-state index in [0.29, 0.717) is 31.0 Å². The second kappa shape index (κ2) is 8.73. The van der Waals surface area contributed by atoms with Crippen LogP contribution in [0.4, 0.5) is 0 Å². The first-order valence-corrected chi connectivity index (χ1v) is 9.21. The van der Waals surface area contributed by atoms with Crippen LogP contribution in [-0.2, 0) is 11.2 Å². The third-order valence-corrected chi connectivity index (χ3v) is 4.78. The van der Waals surface area contributed by atoms with Crippen LogP contribution >= 0.6 is 0 Å². The highest BCUT2D eigenvalue weighted by Crippen LogP contribution is 2.13. The molecule has 1 aliphatic rings.